The van der Waals surface area contributed by atoms with Crippen LogP contribution in [0.25, 0.3) is 6.08 Å². The molecule has 0 aliphatic heterocycles. The number of hydrogen-bond acceptors (Lipinski definition) is 6. The van der Waals surface area contributed by atoms with Crippen molar-refractivity contribution in [3.8, 4) is 5.75 Å². The third-order valence-electron chi connectivity index (χ3n) is 4.22. The van der Waals surface area contributed by atoms with Gasteiger partial charge in [-0.3, -0.25) is 10.8 Å². The summed E-state index contributed by atoms with van der Waals surface area (Å²) in [6, 6.07) is 15.1. The Hall–Kier alpha value is -3.41. The number of nitrogens with one attached hydrogen (secondary N) is 2. The fourth-order valence-corrected chi connectivity index (χ4v) is 3.78. The second-order valence-electron chi connectivity index (χ2n) is 6.74. The molecule has 0 saturated heterocycles. The number of nitrogen functional groups attached to an aromatic ring is 1. The van der Waals surface area contributed by atoms with Gasteiger partial charge in [-0.15, -0.1) is 0 Å². The van der Waals surface area contributed by atoms with Crippen molar-refractivity contribution in [3.05, 3.63) is 90.0 Å². The Balaban J connectivity index is 0.000000380. The van der Waals surface area contributed by atoms with Crippen LogP contribution in [0, 0.1) is 10.8 Å². The summed E-state index contributed by atoms with van der Waals surface area (Å²) in [6.07, 6.45) is 11.5. The number of rotatable bonds is 8. The van der Waals surface area contributed by atoms with E-state index >= 15 is 0 Å². The Morgan fingerprint density at radius 2 is 1.75 bits per heavy atom. The van der Waals surface area contributed by atoms with E-state index in [-0.39, 0.29) is 38.1 Å². The van der Waals surface area contributed by atoms with Gasteiger partial charge in [0.25, 0.3) is 0 Å². The molecule has 2 aromatic rings. The molecule has 5 N–H and O–H groups in total. The predicted molar refractivity (Wildman–Crippen MR) is 132 cm³/mol. The molecule has 0 aromatic heterocycles. The molecule has 0 unspecified atom stereocenters. The first-order valence-corrected chi connectivity index (χ1v) is 12.4. The topological polar surface area (TPSA) is 120 Å². The number of hydrogen-bond donors (Lipinski definition) is 4. The van der Waals surface area contributed by atoms with Crippen molar-refractivity contribution in [1.29, 1.82) is 10.8 Å². The van der Waals surface area contributed by atoms with E-state index in [4.69, 9.17) is 21.3 Å². The van der Waals surface area contributed by atoms with Crippen LogP contribution in [-0.2, 0) is 16.0 Å². The van der Waals surface area contributed by atoms with Crippen molar-refractivity contribution in [3.63, 3.8) is 0 Å². The van der Waals surface area contributed by atoms with Crippen molar-refractivity contribution in [2.45, 2.75) is 17.1 Å². The van der Waals surface area contributed by atoms with Crippen LogP contribution in [0.4, 0.5) is 5.69 Å². The average Bonchev–Trinajstić information content (AvgIpc) is 2.79. The first-order chi connectivity index (χ1) is 15.5. The second-order valence-corrected chi connectivity index (χ2v) is 8.90. The number of benzene rings is 2. The molecule has 0 radical (unpaired) electrons. The Morgan fingerprint density at radius 1 is 1.06 bits per heavy atom. The fraction of sp³-hybridized carbons (Fsp3) is 0.160. The molecule has 7 heteroatoms. The first kappa shape index (κ1) is 24.9. The van der Waals surface area contributed by atoms with Gasteiger partial charge in [0.15, 0.2) is 0 Å². The normalized spacial score (nSPS) is 12.5. The molecule has 1 aliphatic rings. The van der Waals surface area contributed by atoms with Crippen LogP contribution in [0.1, 0.15) is 11.1 Å². The number of carbonyl (C=O) groups excluding carboxylic acids is 1. The number of esters is 1. The van der Waals surface area contributed by atoms with Gasteiger partial charge in [0.2, 0.25) is 0 Å². The number of aromatic hydroxyl groups is 1. The van der Waals surface area contributed by atoms with E-state index < -0.39 is 0 Å². The number of carbonyl (C=O) groups is 1. The van der Waals surface area contributed by atoms with Gasteiger partial charge in [0.1, 0.15) is 0 Å². The molecule has 1 aliphatic carbocycles. The van der Waals surface area contributed by atoms with Gasteiger partial charge in [-0.2, -0.15) is 0 Å². The van der Waals surface area contributed by atoms with Crippen molar-refractivity contribution >= 4 is 44.1 Å². The first-order valence-electron chi connectivity index (χ1n) is 10.00. The molecule has 0 bridgehead atoms. The van der Waals surface area contributed by atoms with Gasteiger partial charge in [0.05, 0.1) is 11.4 Å². The molecule has 6 nitrogen and oxygen atoms in total. The Labute approximate surface area is 194 Å². The molecule has 0 amide bonds. The number of nitrogens with two attached hydrogens (primary N) is 1. The molecular weight excluding hydrogens is 469 g/mol. The minimum atomic E-state index is -0.158. The summed E-state index contributed by atoms with van der Waals surface area (Å²) in [5, 5.41) is 24.8. The van der Waals surface area contributed by atoms with Gasteiger partial charge in [-0.05, 0) is 12.2 Å². The summed E-state index contributed by atoms with van der Waals surface area (Å²) in [6.45, 7) is 0.332. The number of anilines is 1. The zero-order valence-electron chi connectivity index (χ0n) is 17.7. The van der Waals surface area contributed by atoms with E-state index in [1.54, 1.807) is 42.5 Å². The zero-order valence-corrected chi connectivity index (χ0v) is 19.4. The SMILES string of the molecule is N=C1C=CC=CC1=N.Nc1cc(CCOC(=O)C[Se]C/C=C/c2ccccc2)ccc1O. The van der Waals surface area contributed by atoms with Gasteiger partial charge in [-0.1, -0.05) is 12.2 Å². The van der Waals surface area contributed by atoms with Crippen molar-refractivity contribution in [1.82, 2.24) is 0 Å². The van der Waals surface area contributed by atoms with Crippen LogP contribution in [0.5, 0.6) is 5.75 Å². The van der Waals surface area contributed by atoms with Gasteiger partial charge in [-0.25, -0.2) is 0 Å². The van der Waals surface area contributed by atoms with Crippen LogP contribution >= 0.6 is 0 Å². The van der Waals surface area contributed by atoms with E-state index in [1.165, 1.54) is 5.56 Å². The summed E-state index contributed by atoms with van der Waals surface area (Å²) in [7, 11) is 0. The van der Waals surface area contributed by atoms with E-state index in [9.17, 15) is 9.90 Å². The summed E-state index contributed by atoms with van der Waals surface area (Å²) in [4.78, 5) is 11.7. The van der Waals surface area contributed by atoms with Gasteiger partial charge >= 0.3 is 148 Å². The summed E-state index contributed by atoms with van der Waals surface area (Å²) in [5.41, 5.74) is 8.65. The number of ether oxygens (including phenoxy) is 1. The fourth-order valence-electron chi connectivity index (χ4n) is 2.53. The van der Waals surface area contributed by atoms with Gasteiger partial charge in [0, 0.05) is 0 Å². The zero-order chi connectivity index (χ0) is 23.2. The Bertz CT molecular complexity index is 992. The molecule has 3 rings (SSSR count). The molecule has 0 spiro atoms. The molecule has 0 atom stereocenters. The monoisotopic (exact) mass is 497 g/mol. The Kier molecular flexibility index (Phi) is 10.7. The second kappa shape index (κ2) is 13.8. The summed E-state index contributed by atoms with van der Waals surface area (Å²) >= 11 is 0.214. The van der Waals surface area contributed by atoms with E-state index in [1.807, 2.05) is 30.3 Å². The molecule has 2 aromatic carbocycles. The predicted octanol–water partition coefficient (Wildman–Crippen LogP) is 4.47. The Morgan fingerprint density at radius 3 is 2.38 bits per heavy atom. The van der Waals surface area contributed by atoms with Crippen LogP contribution < -0.4 is 5.73 Å². The van der Waals surface area contributed by atoms with Crippen molar-refractivity contribution in [2.24, 2.45) is 0 Å². The molecule has 0 heterocycles. The van der Waals surface area contributed by atoms with E-state index in [0.717, 1.165) is 10.9 Å². The minimum absolute atomic E-state index is 0.0713. The van der Waals surface area contributed by atoms with Gasteiger partial charge < -0.3 is 0 Å². The summed E-state index contributed by atoms with van der Waals surface area (Å²) < 4.78 is 5.23. The van der Waals surface area contributed by atoms with Crippen molar-refractivity contribution in [2.75, 3.05) is 12.3 Å². The number of phenolic OH excluding ortho intramolecular Hbond substituents is 1. The van der Waals surface area contributed by atoms with Crippen LogP contribution in [0.2, 0.25) is 10.6 Å². The quantitative estimate of drug-likeness (QED) is 0.108. The van der Waals surface area contributed by atoms with E-state index in [2.05, 4.69) is 12.2 Å². The molecular formula is C25H27N3O3Se. The third-order valence-corrected chi connectivity index (χ3v) is 6.04. The number of allylic oxidation sites excluding steroid dienone is 5. The van der Waals surface area contributed by atoms with E-state index in [0.29, 0.717) is 24.0 Å². The molecule has 0 fully saturated rings. The maximum atomic E-state index is 11.7. The van der Waals surface area contributed by atoms with Crippen LogP contribution in [0.15, 0.2) is 78.9 Å². The third kappa shape index (κ3) is 9.60. The molecule has 166 valence electrons. The number of phenols is 1. The standard InChI is InChI=1S/C19H21NO3Se.C6H6N2/c20-17-13-16(8-9-18(17)21)10-11-23-19(22)14-24-12-4-7-15-5-2-1-3-6-15;7-5-3-1-2-4-6(5)8/h1-9,13,21H,10-12,14,20H2;1-4,7-8H/b7-4+;. The average molecular weight is 496 g/mol. The molecule has 0 saturated carbocycles. The molecule has 32 heavy (non-hydrogen) atoms. The van der Waals surface area contributed by atoms with Crippen LogP contribution in [-0.4, -0.2) is 44.1 Å². The van der Waals surface area contributed by atoms with Crippen LogP contribution in [0.3, 0.4) is 0 Å². The maximum absolute atomic E-state index is 11.7. The summed E-state index contributed by atoms with van der Waals surface area (Å²) in [5.74, 6) is -0.0862. The van der Waals surface area contributed by atoms with Crippen molar-refractivity contribution < 1.29 is 14.6 Å².